The van der Waals surface area contributed by atoms with Crippen molar-refractivity contribution in [2.45, 2.75) is 51.2 Å². The molecule has 1 unspecified atom stereocenters. The summed E-state index contributed by atoms with van der Waals surface area (Å²) in [4.78, 5) is 7.46. The molecular weight excluding hydrogens is 256 g/mol. The first-order chi connectivity index (χ1) is 8.63. The second-order valence-corrected chi connectivity index (χ2v) is 12.7. The maximum absolute atomic E-state index is 4.81. The van der Waals surface area contributed by atoms with E-state index in [4.69, 9.17) is 4.99 Å². The van der Waals surface area contributed by atoms with Gasteiger partial charge in [-0.15, -0.1) is 11.8 Å². The second kappa shape index (κ2) is 6.57. The Hall–Kier alpha value is 0.197. The summed E-state index contributed by atoms with van der Waals surface area (Å²) < 4.78 is 1.57. The molecule has 1 saturated heterocycles. The van der Waals surface area contributed by atoms with Gasteiger partial charge in [0.25, 0.3) is 0 Å². The van der Waals surface area contributed by atoms with E-state index < -0.39 is 8.07 Å². The lowest BCUT2D eigenvalue weighted by Gasteiger charge is -2.32. The standard InChI is InChI=1S/C14H28N2SSi/c1-13(2)18(3,14-15-7-11-17-14)12-6-10-16-8-4-5-9-16/h13H,4-12H2,1-3H3. The van der Waals surface area contributed by atoms with E-state index in [2.05, 4.69) is 37.1 Å². The molecule has 0 saturated carbocycles. The molecule has 0 N–H and O–H groups in total. The quantitative estimate of drug-likeness (QED) is 0.692. The highest BCUT2D eigenvalue weighted by Crippen LogP contribution is 2.34. The van der Waals surface area contributed by atoms with Crippen molar-refractivity contribution in [1.82, 2.24) is 4.90 Å². The average Bonchev–Trinajstić information content (AvgIpc) is 3.01. The largest absolute Gasteiger partial charge is 0.303 e. The number of thioether (sulfide) groups is 1. The van der Waals surface area contributed by atoms with Crippen LogP contribution in [0.3, 0.4) is 0 Å². The summed E-state index contributed by atoms with van der Waals surface area (Å²) in [5.41, 5.74) is 0.834. The highest BCUT2D eigenvalue weighted by molar-refractivity contribution is 8.18. The summed E-state index contributed by atoms with van der Waals surface area (Å²) in [6.45, 7) is 12.5. The smallest absolute Gasteiger partial charge is 0.118 e. The van der Waals surface area contributed by atoms with Crippen LogP contribution in [0.25, 0.3) is 0 Å². The molecule has 0 aromatic carbocycles. The van der Waals surface area contributed by atoms with Gasteiger partial charge in [-0.1, -0.05) is 26.4 Å². The van der Waals surface area contributed by atoms with Crippen molar-refractivity contribution in [2.24, 2.45) is 4.99 Å². The summed E-state index contributed by atoms with van der Waals surface area (Å²) >= 11 is 2.06. The average molecular weight is 285 g/mol. The molecule has 0 spiro atoms. The Balaban J connectivity index is 1.85. The molecular formula is C14H28N2SSi. The number of nitrogens with zero attached hydrogens (tertiary/aromatic N) is 2. The normalized spacial score (nSPS) is 24.6. The van der Waals surface area contributed by atoms with Crippen LogP contribution in [-0.2, 0) is 0 Å². The predicted molar refractivity (Wildman–Crippen MR) is 86.6 cm³/mol. The number of aliphatic imine (C=N–C) groups is 1. The highest BCUT2D eigenvalue weighted by Gasteiger charge is 2.38. The van der Waals surface area contributed by atoms with E-state index in [9.17, 15) is 0 Å². The van der Waals surface area contributed by atoms with Crippen molar-refractivity contribution in [3.8, 4) is 0 Å². The van der Waals surface area contributed by atoms with Crippen LogP contribution in [0.4, 0.5) is 0 Å². The lowest BCUT2D eigenvalue weighted by molar-refractivity contribution is 0.339. The van der Waals surface area contributed by atoms with Gasteiger partial charge in [-0.25, -0.2) is 0 Å². The molecule has 2 aliphatic heterocycles. The topological polar surface area (TPSA) is 15.6 Å². The van der Waals surface area contributed by atoms with Gasteiger partial charge >= 0.3 is 0 Å². The third kappa shape index (κ3) is 3.39. The third-order valence-electron chi connectivity index (χ3n) is 4.72. The summed E-state index contributed by atoms with van der Waals surface area (Å²) in [5.74, 6) is 1.23. The molecule has 0 radical (unpaired) electrons. The molecule has 0 aromatic heterocycles. The minimum absolute atomic E-state index is 0.834. The van der Waals surface area contributed by atoms with Gasteiger partial charge in [-0.3, -0.25) is 4.99 Å². The molecule has 0 aromatic rings. The molecule has 0 aliphatic carbocycles. The van der Waals surface area contributed by atoms with E-state index in [1.807, 2.05) is 0 Å². The van der Waals surface area contributed by atoms with E-state index in [-0.39, 0.29) is 0 Å². The van der Waals surface area contributed by atoms with Gasteiger partial charge in [0.15, 0.2) is 0 Å². The first-order valence-corrected chi connectivity index (χ1v) is 11.3. The maximum Gasteiger partial charge on any atom is 0.118 e. The van der Waals surface area contributed by atoms with Crippen molar-refractivity contribution in [2.75, 3.05) is 31.9 Å². The number of hydrogen-bond donors (Lipinski definition) is 0. The van der Waals surface area contributed by atoms with Crippen LogP contribution in [0, 0.1) is 0 Å². The Labute approximate surface area is 118 Å². The van der Waals surface area contributed by atoms with Crippen molar-refractivity contribution in [3.63, 3.8) is 0 Å². The fraction of sp³-hybridized carbons (Fsp3) is 0.929. The third-order valence-corrected chi connectivity index (χ3v) is 12.4. The SMILES string of the molecule is CC(C)[Si](C)(CCCN1CCCC1)C1=NCCS1. The first kappa shape index (κ1) is 14.6. The van der Waals surface area contributed by atoms with E-state index >= 15 is 0 Å². The van der Waals surface area contributed by atoms with Crippen molar-refractivity contribution in [1.29, 1.82) is 0 Å². The van der Waals surface area contributed by atoms with Crippen LogP contribution in [0.5, 0.6) is 0 Å². The molecule has 2 heterocycles. The van der Waals surface area contributed by atoms with Crippen LogP contribution in [0.15, 0.2) is 4.99 Å². The van der Waals surface area contributed by atoms with Crippen LogP contribution in [-0.4, -0.2) is 49.6 Å². The maximum atomic E-state index is 4.81. The molecule has 2 aliphatic rings. The minimum Gasteiger partial charge on any atom is -0.303 e. The van der Waals surface area contributed by atoms with Crippen molar-refractivity contribution >= 4 is 24.5 Å². The summed E-state index contributed by atoms with van der Waals surface area (Å²) in [7, 11) is -1.28. The molecule has 18 heavy (non-hydrogen) atoms. The fourth-order valence-electron chi connectivity index (χ4n) is 3.00. The van der Waals surface area contributed by atoms with Gasteiger partial charge < -0.3 is 4.90 Å². The second-order valence-electron chi connectivity index (χ2n) is 6.26. The molecule has 4 heteroatoms. The Morgan fingerprint density at radius 2 is 2.06 bits per heavy atom. The van der Waals surface area contributed by atoms with Crippen LogP contribution < -0.4 is 0 Å². The Morgan fingerprint density at radius 1 is 1.33 bits per heavy atom. The monoisotopic (exact) mass is 284 g/mol. The zero-order valence-electron chi connectivity index (χ0n) is 12.2. The first-order valence-electron chi connectivity index (χ1n) is 7.53. The number of rotatable bonds is 6. The van der Waals surface area contributed by atoms with E-state index in [0.29, 0.717) is 0 Å². The van der Waals surface area contributed by atoms with Crippen LogP contribution >= 0.6 is 11.8 Å². The predicted octanol–water partition coefficient (Wildman–Crippen LogP) is 3.65. The van der Waals surface area contributed by atoms with Crippen molar-refractivity contribution in [3.05, 3.63) is 0 Å². The Kier molecular flexibility index (Phi) is 5.33. The number of hydrogen-bond acceptors (Lipinski definition) is 3. The van der Waals surface area contributed by atoms with E-state index in [1.54, 1.807) is 4.67 Å². The van der Waals surface area contributed by atoms with Gasteiger partial charge in [0, 0.05) is 17.0 Å². The van der Waals surface area contributed by atoms with Gasteiger partial charge in [0.2, 0.25) is 0 Å². The van der Waals surface area contributed by atoms with Crippen LogP contribution in [0.2, 0.25) is 18.1 Å². The molecule has 2 nitrogen and oxygen atoms in total. The zero-order chi connectivity index (χ0) is 13.0. The highest BCUT2D eigenvalue weighted by atomic mass is 32.2. The number of likely N-dealkylation sites (tertiary alicyclic amines) is 1. The van der Waals surface area contributed by atoms with Gasteiger partial charge in [0.1, 0.15) is 8.07 Å². The summed E-state index contributed by atoms with van der Waals surface area (Å²) in [6, 6.07) is 1.44. The lowest BCUT2D eigenvalue weighted by Crippen LogP contribution is -2.42. The molecule has 1 atom stereocenters. The molecule has 0 amide bonds. The van der Waals surface area contributed by atoms with Gasteiger partial charge in [-0.05, 0) is 44.4 Å². The van der Waals surface area contributed by atoms with E-state index in [1.165, 1.54) is 50.7 Å². The van der Waals surface area contributed by atoms with Crippen LogP contribution in [0.1, 0.15) is 33.1 Å². The molecule has 104 valence electrons. The van der Waals surface area contributed by atoms with E-state index in [0.717, 1.165) is 12.1 Å². The molecule has 0 bridgehead atoms. The zero-order valence-corrected chi connectivity index (χ0v) is 14.1. The Morgan fingerprint density at radius 3 is 2.61 bits per heavy atom. The summed E-state index contributed by atoms with van der Waals surface area (Å²) in [5, 5.41) is 0. The Bertz CT molecular complexity index is 300. The van der Waals surface area contributed by atoms with Gasteiger partial charge in [-0.2, -0.15) is 0 Å². The minimum atomic E-state index is -1.28. The van der Waals surface area contributed by atoms with Gasteiger partial charge in [0.05, 0.1) is 0 Å². The molecule has 1 fully saturated rings. The van der Waals surface area contributed by atoms with Crippen molar-refractivity contribution < 1.29 is 0 Å². The lowest BCUT2D eigenvalue weighted by atomic mass is 10.4. The summed E-state index contributed by atoms with van der Waals surface area (Å²) in [6.07, 6.45) is 4.23. The fourth-order valence-corrected chi connectivity index (χ4v) is 8.85. The molecule has 2 rings (SSSR count).